The lowest BCUT2D eigenvalue weighted by atomic mass is 10.1. The zero-order valence-corrected chi connectivity index (χ0v) is 15.2. The first-order valence-electron chi connectivity index (χ1n) is 9.26. The van der Waals surface area contributed by atoms with E-state index in [9.17, 15) is 4.79 Å². The lowest BCUT2D eigenvalue weighted by Gasteiger charge is -2.15. The largest absolute Gasteiger partial charge is 0.496 e. The standard InChI is InChI=1S/C20H26N4O2/c1-26-18-11-7-6-8-15(18)14-21-19-13-12-17(23-24-19)20(25)22-16-9-4-2-3-5-10-16/h6-8,11-13,16H,2-5,9-10,14H2,1H3,(H,21,24)(H,22,25). The van der Waals surface area contributed by atoms with E-state index in [2.05, 4.69) is 20.8 Å². The van der Waals surface area contributed by atoms with Gasteiger partial charge in [-0.1, -0.05) is 43.9 Å². The van der Waals surface area contributed by atoms with Crippen LogP contribution in [-0.2, 0) is 6.54 Å². The summed E-state index contributed by atoms with van der Waals surface area (Å²) in [5.41, 5.74) is 1.39. The second-order valence-electron chi connectivity index (χ2n) is 6.63. The molecule has 0 saturated heterocycles. The van der Waals surface area contributed by atoms with Crippen LogP contribution >= 0.6 is 0 Å². The monoisotopic (exact) mass is 354 g/mol. The van der Waals surface area contributed by atoms with Gasteiger partial charge >= 0.3 is 0 Å². The van der Waals surface area contributed by atoms with Crippen LogP contribution in [0, 0.1) is 0 Å². The Morgan fingerprint density at radius 1 is 1.08 bits per heavy atom. The Morgan fingerprint density at radius 3 is 2.54 bits per heavy atom. The number of anilines is 1. The predicted octanol–water partition coefficient (Wildman–Crippen LogP) is 3.55. The summed E-state index contributed by atoms with van der Waals surface area (Å²) in [5, 5.41) is 14.5. The van der Waals surface area contributed by atoms with Gasteiger partial charge in [0.1, 0.15) is 11.6 Å². The molecular formula is C20H26N4O2. The maximum Gasteiger partial charge on any atom is 0.272 e. The first kappa shape index (κ1) is 18.2. The maximum absolute atomic E-state index is 12.3. The highest BCUT2D eigenvalue weighted by molar-refractivity contribution is 5.92. The molecule has 3 rings (SSSR count). The molecule has 2 N–H and O–H groups in total. The molecule has 0 aliphatic heterocycles. The van der Waals surface area contributed by atoms with Crippen LogP contribution in [0.15, 0.2) is 36.4 Å². The minimum atomic E-state index is -0.138. The summed E-state index contributed by atoms with van der Waals surface area (Å²) in [5.74, 6) is 1.31. The van der Waals surface area contributed by atoms with Crippen molar-refractivity contribution in [3.8, 4) is 5.75 Å². The quantitative estimate of drug-likeness (QED) is 0.776. The van der Waals surface area contributed by atoms with Crippen molar-refractivity contribution in [1.82, 2.24) is 15.5 Å². The van der Waals surface area contributed by atoms with Crippen molar-refractivity contribution in [3.63, 3.8) is 0 Å². The number of hydrogen-bond donors (Lipinski definition) is 2. The molecule has 6 nitrogen and oxygen atoms in total. The molecule has 1 aromatic carbocycles. The van der Waals surface area contributed by atoms with Gasteiger partial charge in [0, 0.05) is 18.2 Å². The number of para-hydroxylation sites is 1. The Bertz CT molecular complexity index is 710. The Kier molecular flexibility index (Phi) is 6.41. The zero-order valence-electron chi connectivity index (χ0n) is 15.2. The highest BCUT2D eigenvalue weighted by Crippen LogP contribution is 2.19. The van der Waals surface area contributed by atoms with E-state index in [1.807, 2.05) is 24.3 Å². The van der Waals surface area contributed by atoms with E-state index in [0.717, 1.165) is 24.2 Å². The summed E-state index contributed by atoms with van der Waals surface area (Å²) in [6, 6.07) is 11.6. The molecule has 0 atom stereocenters. The summed E-state index contributed by atoms with van der Waals surface area (Å²) in [4.78, 5) is 12.3. The van der Waals surface area contributed by atoms with Crippen molar-refractivity contribution < 1.29 is 9.53 Å². The van der Waals surface area contributed by atoms with E-state index in [-0.39, 0.29) is 11.9 Å². The van der Waals surface area contributed by atoms with Crippen LogP contribution in [0.3, 0.4) is 0 Å². The second kappa shape index (κ2) is 9.17. The third-order valence-electron chi connectivity index (χ3n) is 4.74. The molecule has 0 bridgehead atoms. The van der Waals surface area contributed by atoms with Gasteiger partial charge in [0.2, 0.25) is 0 Å². The SMILES string of the molecule is COc1ccccc1CNc1ccc(C(=O)NC2CCCCCC2)nn1. The van der Waals surface area contributed by atoms with Crippen LogP contribution < -0.4 is 15.4 Å². The molecule has 1 aromatic heterocycles. The second-order valence-corrected chi connectivity index (χ2v) is 6.63. The van der Waals surface area contributed by atoms with E-state index in [1.165, 1.54) is 25.7 Å². The molecule has 26 heavy (non-hydrogen) atoms. The normalized spacial score (nSPS) is 15.1. The van der Waals surface area contributed by atoms with Gasteiger partial charge in [-0.15, -0.1) is 10.2 Å². The lowest BCUT2D eigenvalue weighted by molar-refractivity contribution is 0.0927. The van der Waals surface area contributed by atoms with E-state index < -0.39 is 0 Å². The molecule has 1 heterocycles. The van der Waals surface area contributed by atoms with Crippen LogP contribution in [0.25, 0.3) is 0 Å². The molecule has 1 amide bonds. The molecule has 1 fully saturated rings. The number of amides is 1. The fourth-order valence-electron chi connectivity index (χ4n) is 3.27. The van der Waals surface area contributed by atoms with E-state index >= 15 is 0 Å². The van der Waals surface area contributed by atoms with E-state index in [0.29, 0.717) is 18.1 Å². The molecule has 0 spiro atoms. The third-order valence-corrected chi connectivity index (χ3v) is 4.74. The molecule has 138 valence electrons. The summed E-state index contributed by atoms with van der Waals surface area (Å²) >= 11 is 0. The molecule has 1 aliphatic carbocycles. The molecule has 1 aliphatic rings. The smallest absolute Gasteiger partial charge is 0.272 e. The molecule has 1 saturated carbocycles. The van der Waals surface area contributed by atoms with Gasteiger partial charge in [-0.05, 0) is 31.0 Å². The predicted molar refractivity (Wildman–Crippen MR) is 101 cm³/mol. The van der Waals surface area contributed by atoms with Crippen LogP contribution in [0.4, 0.5) is 5.82 Å². The molecule has 6 heteroatoms. The van der Waals surface area contributed by atoms with Crippen LogP contribution in [-0.4, -0.2) is 29.3 Å². The number of carbonyl (C=O) groups is 1. The number of aromatic nitrogens is 2. The highest BCUT2D eigenvalue weighted by atomic mass is 16.5. The van der Waals surface area contributed by atoms with Crippen LogP contribution in [0.1, 0.15) is 54.6 Å². The maximum atomic E-state index is 12.3. The fraction of sp³-hybridized carbons (Fsp3) is 0.450. The Hall–Kier alpha value is -2.63. The van der Waals surface area contributed by atoms with Gasteiger partial charge in [-0.3, -0.25) is 4.79 Å². The van der Waals surface area contributed by atoms with Crippen molar-refractivity contribution in [2.75, 3.05) is 12.4 Å². The fourth-order valence-corrected chi connectivity index (χ4v) is 3.27. The van der Waals surface area contributed by atoms with Crippen molar-refractivity contribution in [2.45, 2.75) is 51.1 Å². The number of carbonyl (C=O) groups excluding carboxylic acids is 1. The summed E-state index contributed by atoms with van der Waals surface area (Å²) in [7, 11) is 1.65. The van der Waals surface area contributed by atoms with Gasteiger partial charge in [0.05, 0.1) is 7.11 Å². The molecule has 2 aromatic rings. The van der Waals surface area contributed by atoms with E-state index in [4.69, 9.17) is 4.74 Å². The van der Waals surface area contributed by atoms with Gasteiger partial charge in [-0.2, -0.15) is 0 Å². The Balaban J connectivity index is 1.55. The molecule has 0 unspecified atom stereocenters. The number of ether oxygens (including phenoxy) is 1. The summed E-state index contributed by atoms with van der Waals surface area (Å²) in [6.45, 7) is 0.576. The third kappa shape index (κ3) is 4.94. The average molecular weight is 354 g/mol. The van der Waals surface area contributed by atoms with Crippen LogP contribution in [0.5, 0.6) is 5.75 Å². The van der Waals surface area contributed by atoms with Gasteiger partial charge in [-0.25, -0.2) is 0 Å². The number of methoxy groups -OCH3 is 1. The average Bonchev–Trinajstić information content (AvgIpc) is 2.95. The minimum Gasteiger partial charge on any atom is -0.496 e. The molecular weight excluding hydrogens is 328 g/mol. The van der Waals surface area contributed by atoms with E-state index in [1.54, 1.807) is 19.2 Å². The van der Waals surface area contributed by atoms with Gasteiger partial charge in [0.15, 0.2) is 5.69 Å². The highest BCUT2D eigenvalue weighted by Gasteiger charge is 2.16. The number of benzene rings is 1. The summed E-state index contributed by atoms with van der Waals surface area (Å²) < 4.78 is 5.34. The van der Waals surface area contributed by atoms with Crippen molar-refractivity contribution >= 4 is 11.7 Å². The lowest BCUT2D eigenvalue weighted by Crippen LogP contribution is -2.35. The van der Waals surface area contributed by atoms with Crippen molar-refractivity contribution in [3.05, 3.63) is 47.7 Å². The number of rotatable bonds is 6. The Labute approximate surface area is 154 Å². The zero-order chi connectivity index (χ0) is 18.2. The van der Waals surface area contributed by atoms with Gasteiger partial charge < -0.3 is 15.4 Å². The first-order chi connectivity index (χ1) is 12.8. The number of nitrogens with zero attached hydrogens (tertiary/aromatic N) is 2. The Morgan fingerprint density at radius 2 is 1.85 bits per heavy atom. The first-order valence-corrected chi connectivity index (χ1v) is 9.26. The van der Waals surface area contributed by atoms with Crippen LogP contribution in [0.2, 0.25) is 0 Å². The summed E-state index contributed by atoms with van der Waals surface area (Å²) in [6.07, 6.45) is 7.00. The van der Waals surface area contributed by atoms with Crippen molar-refractivity contribution in [1.29, 1.82) is 0 Å². The minimum absolute atomic E-state index is 0.138. The van der Waals surface area contributed by atoms with Gasteiger partial charge in [0.25, 0.3) is 5.91 Å². The topological polar surface area (TPSA) is 76.1 Å². The molecule has 0 radical (unpaired) electrons. The number of nitrogens with one attached hydrogen (secondary N) is 2. The number of hydrogen-bond acceptors (Lipinski definition) is 5. The van der Waals surface area contributed by atoms with Crippen molar-refractivity contribution in [2.24, 2.45) is 0 Å².